The lowest BCUT2D eigenvalue weighted by Crippen LogP contribution is -2.34. The quantitative estimate of drug-likeness (QED) is 0.838. The molecule has 0 bridgehead atoms. The van der Waals surface area contributed by atoms with Crippen LogP contribution in [-0.2, 0) is 4.79 Å². The molecule has 2 N–H and O–H groups in total. The Morgan fingerprint density at radius 1 is 1.65 bits per heavy atom. The van der Waals surface area contributed by atoms with E-state index in [0.29, 0.717) is 18.3 Å². The van der Waals surface area contributed by atoms with Crippen molar-refractivity contribution in [2.45, 2.75) is 45.1 Å². The van der Waals surface area contributed by atoms with Gasteiger partial charge in [-0.05, 0) is 32.7 Å². The highest BCUT2D eigenvalue weighted by atomic mass is 16.5. The number of nitrogens with one attached hydrogen (secondary N) is 2. The molecule has 17 heavy (non-hydrogen) atoms. The summed E-state index contributed by atoms with van der Waals surface area (Å²) < 4.78 is 4.93. The molecular weight excluding hydrogens is 218 g/mol. The number of anilines is 1. The Hall–Kier alpha value is -1.36. The van der Waals surface area contributed by atoms with Crippen LogP contribution in [0.3, 0.4) is 0 Å². The third-order valence-corrected chi connectivity index (χ3v) is 3.02. The lowest BCUT2D eigenvalue weighted by molar-refractivity contribution is -0.116. The number of rotatable bonds is 4. The van der Waals surface area contributed by atoms with Gasteiger partial charge in [-0.3, -0.25) is 10.1 Å². The number of nitrogens with zero attached hydrogens (tertiary/aromatic N) is 1. The molecule has 0 aliphatic carbocycles. The normalized spacial score (nSPS) is 20.2. The van der Waals surface area contributed by atoms with Gasteiger partial charge in [-0.15, -0.1) is 0 Å². The molecule has 1 fully saturated rings. The van der Waals surface area contributed by atoms with Crippen LogP contribution < -0.4 is 10.6 Å². The van der Waals surface area contributed by atoms with E-state index < -0.39 is 0 Å². The molecule has 94 valence electrons. The summed E-state index contributed by atoms with van der Waals surface area (Å²) in [6.07, 6.45) is 5.10. The van der Waals surface area contributed by atoms with E-state index in [1.165, 1.54) is 19.3 Å². The van der Waals surface area contributed by atoms with Crippen molar-refractivity contribution in [3.63, 3.8) is 0 Å². The fraction of sp³-hybridized carbons (Fsp3) is 0.667. The Labute approximate surface area is 101 Å². The Bertz CT molecular complexity index is 370. The minimum Gasteiger partial charge on any atom is -0.338 e. The van der Waals surface area contributed by atoms with E-state index in [9.17, 15) is 4.79 Å². The summed E-state index contributed by atoms with van der Waals surface area (Å²) in [6.45, 7) is 2.90. The van der Waals surface area contributed by atoms with Crippen molar-refractivity contribution in [2.24, 2.45) is 0 Å². The van der Waals surface area contributed by atoms with Crippen LogP contribution in [0.15, 0.2) is 10.6 Å². The summed E-state index contributed by atoms with van der Waals surface area (Å²) in [4.78, 5) is 11.6. The van der Waals surface area contributed by atoms with Gasteiger partial charge in [-0.25, -0.2) is 0 Å². The number of hydrogen-bond donors (Lipinski definition) is 2. The smallest absolute Gasteiger partial charge is 0.231 e. The lowest BCUT2D eigenvalue weighted by Gasteiger charge is -2.22. The van der Waals surface area contributed by atoms with E-state index in [1.54, 1.807) is 6.07 Å². The molecule has 2 rings (SSSR count). The van der Waals surface area contributed by atoms with Crippen LogP contribution in [0.1, 0.15) is 37.8 Å². The molecule has 1 unspecified atom stereocenters. The highest BCUT2D eigenvalue weighted by Crippen LogP contribution is 2.13. The van der Waals surface area contributed by atoms with Crippen molar-refractivity contribution < 1.29 is 9.32 Å². The minimum absolute atomic E-state index is 0.00600. The van der Waals surface area contributed by atoms with Crippen molar-refractivity contribution in [3.05, 3.63) is 11.8 Å². The summed E-state index contributed by atoms with van der Waals surface area (Å²) in [6, 6.07) is 2.21. The second-order valence-corrected chi connectivity index (χ2v) is 4.57. The van der Waals surface area contributed by atoms with Crippen molar-refractivity contribution in [1.82, 2.24) is 10.5 Å². The summed E-state index contributed by atoms with van der Waals surface area (Å²) in [7, 11) is 0. The minimum atomic E-state index is -0.00600. The number of carbonyl (C=O) groups is 1. The highest BCUT2D eigenvalue weighted by Gasteiger charge is 2.14. The first-order valence-electron chi connectivity index (χ1n) is 6.20. The van der Waals surface area contributed by atoms with Gasteiger partial charge in [0.25, 0.3) is 0 Å². The maximum absolute atomic E-state index is 11.6. The number of piperidine rings is 1. The number of aromatic nitrogens is 1. The third-order valence-electron chi connectivity index (χ3n) is 3.02. The van der Waals surface area contributed by atoms with Crippen LogP contribution in [0.25, 0.3) is 0 Å². The standard InChI is InChI=1S/C12H19N3O2/c1-9-8-12(17-15-9)14-11(16)6-5-10-4-2-3-7-13-10/h8,10,13H,2-7H2,1H3,(H,14,16). The Morgan fingerprint density at radius 2 is 2.53 bits per heavy atom. The van der Waals surface area contributed by atoms with E-state index in [-0.39, 0.29) is 5.91 Å². The van der Waals surface area contributed by atoms with Crippen LogP contribution in [0.4, 0.5) is 5.88 Å². The molecule has 1 atom stereocenters. The number of hydrogen-bond acceptors (Lipinski definition) is 4. The van der Waals surface area contributed by atoms with Crippen LogP contribution in [0, 0.1) is 6.92 Å². The molecule has 0 saturated carbocycles. The molecule has 1 aliphatic heterocycles. The van der Waals surface area contributed by atoms with E-state index in [2.05, 4.69) is 15.8 Å². The average Bonchev–Trinajstić information content (AvgIpc) is 2.73. The number of carbonyl (C=O) groups excluding carboxylic acids is 1. The molecule has 1 amide bonds. The second kappa shape index (κ2) is 5.82. The summed E-state index contributed by atoms with van der Waals surface area (Å²) in [5.41, 5.74) is 0.772. The van der Waals surface area contributed by atoms with E-state index in [1.807, 2.05) is 6.92 Å². The van der Waals surface area contributed by atoms with Crippen molar-refractivity contribution in [2.75, 3.05) is 11.9 Å². The fourth-order valence-corrected chi connectivity index (χ4v) is 2.10. The topological polar surface area (TPSA) is 67.2 Å². The zero-order valence-electron chi connectivity index (χ0n) is 10.2. The number of aryl methyl sites for hydroxylation is 1. The SMILES string of the molecule is Cc1cc(NC(=O)CCC2CCCCN2)on1. The molecule has 0 aromatic carbocycles. The summed E-state index contributed by atoms with van der Waals surface area (Å²) in [5.74, 6) is 0.428. The molecule has 1 aromatic heterocycles. The molecule has 1 aliphatic rings. The lowest BCUT2D eigenvalue weighted by atomic mass is 10.0. The predicted octanol–water partition coefficient (Wildman–Crippen LogP) is 1.84. The van der Waals surface area contributed by atoms with Gasteiger partial charge in [0.2, 0.25) is 11.8 Å². The maximum Gasteiger partial charge on any atom is 0.231 e. The molecule has 1 saturated heterocycles. The molecule has 5 nitrogen and oxygen atoms in total. The maximum atomic E-state index is 11.6. The van der Waals surface area contributed by atoms with Crippen molar-refractivity contribution in [1.29, 1.82) is 0 Å². The first-order chi connectivity index (χ1) is 8.24. The van der Waals surface area contributed by atoms with Gasteiger partial charge < -0.3 is 9.84 Å². The first kappa shape index (κ1) is 12.1. The van der Waals surface area contributed by atoms with Crippen molar-refractivity contribution >= 4 is 11.8 Å². The Balaban J connectivity index is 1.70. The monoisotopic (exact) mass is 237 g/mol. The van der Waals surface area contributed by atoms with Crippen LogP contribution in [0.5, 0.6) is 0 Å². The average molecular weight is 237 g/mol. The van der Waals surface area contributed by atoms with Crippen molar-refractivity contribution in [3.8, 4) is 0 Å². The molecule has 5 heteroatoms. The van der Waals surface area contributed by atoms with Crippen LogP contribution in [0.2, 0.25) is 0 Å². The van der Waals surface area contributed by atoms with E-state index in [0.717, 1.165) is 18.7 Å². The molecular formula is C12H19N3O2. The molecule has 2 heterocycles. The molecule has 0 spiro atoms. The van der Waals surface area contributed by atoms with Gasteiger partial charge in [0.05, 0.1) is 5.69 Å². The fourth-order valence-electron chi connectivity index (χ4n) is 2.10. The van der Waals surface area contributed by atoms with Gasteiger partial charge in [0.1, 0.15) is 0 Å². The number of amides is 1. The van der Waals surface area contributed by atoms with Gasteiger partial charge in [0.15, 0.2) is 0 Å². The zero-order chi connectivity index (χ0) is 12.1. The summed E-state index contributed by atoms with van der Waals surface area (Å²) in [5, 5.41) is 9.85. The van der Waals surface area contributed by atoms with E-state index >= 15 is 0 Å². The molecule has 1 aromatic rings. The Kier molecular flexibility index (Phi) is 4.14. The highest BCUT2D eigenvalue weighted by molar-refractivity contribution is 5.89. The van der Waals surface area contributed by atoms with Crippen LogP contribution in [-0.4, -0.2) is 23.7 Å². The molecule has 0 radical (unpaired) electrons. The summed E-state index contributed by atoms with van der Waals surface area (Å²) >= 11 is 0. The van der Waals surface area contributed by atoms with Gasteiger partial charge in [0, 0.05) is 18.5 Å². The van der Waals surface area contributed by atoms with Gasteiger partial charge >= 0.3 is 0 Å². The van der Waals surface area contributed by atoms with E-state index in [4.69, 9.17) is 4.52 Å². The first-order valence-corrected chi connectivity index (χ1v) is 6.20. The van der Waals surface area contributed by atoms with Crippen LogP contribution >= 0.6 is 0 Å². The van der Waals surface area contributed by atoms with Gasteiger partial charge in [-0.1, -0.05) is 11.6 Å². The Morgan fingerprint density at radius 3 is 3.18 bits per heavy atom. The second-order valence-electron chi connectivity index (χ2n) is 4.57. The zero-order valence-corrected chi connectivity index (χ0v) is 10.2. The predicted molar refractivity (Wildman–Crippen MR) is 64.7 cm³/mol. The largest absolute Gasteiger partial charge is 0.338 e. The third kappa shape index (κ3) is 3.85. The van der Waals surface area contributed by atoms with Gasteiger partial charge in [-0.2, -0.15) is 0 Å².